The van der Waals surface area contributed by atoms with Gasteiger partial charge in [0.15, 0.2) is 0 Å². The summed E-state index contributed by atoms with van der Waals surface area (Å²) in [6.07, 6.45) is 3.70. The van der Waals surface area contributed by atoms with Crippen LogP contribution in [-0.4, -0.2) is 30.3 Å². The zero-order valence-electron chi connectivity index (χ0n) is 11.7. The van der Waals surface area contributed by atoms with Gasteiger partial charge >= 0.3 is 5.97 Å². The molecule has 19 heavy (non-hydrogen) atoms. The fourth-order valence-corrected chi connectivity index (χ4v) is 4.38. The number of hydrogen-bond donors (Lipinski definition) is 2. The SMILES string of the molecule is CC(C)(C)S(=O)(=O)N[C@H]1C2CCC(CC2)[C@@H]1C(=O)O. The molecule has 0 spiro atoms. The van der Waals surface area contributed by atoms with Crippen LogP contribution in [0, 0.1) is 17.8 Å². The van der Waals surface area contributed by atoms with Gasteiger partial charge in [0.25, 0.3) is 0 Å². The minimum atomic E-state index is -3.50. The molecule has 2 atom stereocenters. The Kier molecular flexibility index (Phi) is 3.68. The summed E-state index contributed by atoms with van der Waals surface area (Å²) < 4.78 is 26.3. The summed E-state index contributed by atoms with van der Waals surface area (Å²) in [5.74, 6) is -1.14. The van der Waals surface area contributed by atoms with Gasteiger partial charge in [-0.25, -0.2) is 13.1 Å². The Morgan fingerprint density at radius 2 is 1.58 bits per heavy atom. The first-order chi connectivity index (χ1) is 8.63. The average molecular weight is 289 g/mol. The van der Waals surface area contributed by atoms with E-state index in [9.17, 15) is 18.3 Å². The highest BCUT2D eigenvalue weighted by molar-refractivity contribution is 7.90. The lowest BCUT2D eigenvalue weighted by molar-refractivity contribution is -0.149. The van der Waals surface area contributed by atoms with Gasteiger partial charge in [0.05, 0.1) is 10.7 Å². The van der Waals surface area contributed by atoms with Crippen molar-refractivity contribution in [3.63, 3.8) is 0 Å². The van der Waals surface area contributed by atoms with Gasteiger partial charge in [-0.05, 0) is 58.3 Å². The van der Waals surface area contributed by atoms with Crippen LogP contribution in [0.2, 0.25) is 0 Å². The highest BCUT2D eigenvalue weighted by Gasteiger charge is 2.49. The third-order valence-electron chi connectivity index (χ3n) is 4.60. The second kappa shape index (κ2) is 4.74. The van der Waals surface area contributed by atoms with E-state index in [1.54, 1.807) is 20.8 Å². The standard InChI is InChI=1S/C13H23NO4S/c1-13(2,3)19(17,18)14-11-9-6-4-8(5-7-9)10(11)12(15)16/h8-11,14H,4-7H2,1-3H3,(H,15,16)/t8?,9?,10-,11-/m0/s1. The maximum absolute atomic E-state index is 12.3. The van der Waals surface area contributed by atoms with Crippen LogP contribution >= 0.6 is 0 Å². The lowest BCUT2D eigenvalue weighted by atomic mass is 9.62. The van der Waals surface area contributed by atoms with E-state index in [-0.39, 0.29) is 11.8 Å². The van der Waals surface area contributed by atoms with Crippen LogP contribution in [0.1, 0.15) is 46.5 Å². The normalized spacial score (nSPS) is 35.3. The second-order valence-corrected chi connectivity index (χ2v) is 9.27. The van der Waals surface area contributed by atoms with Crippen molar-refractivity contribution in [2.75, 3.05) is 0 Å². The first-order valence-corrected chi connectivity index (χ1v) is 8.36. The summed E-state index contributed by atoms with van der Waals surface area (Å²) in [5, 5.41) is 9.40. The van der Waals surface area contributed by atoms with Crippen LogP contribution in [-0.2, 0) is 14.8 Å². The zero-order valence-corrected chi connectivity index (χ0v) is 12.5. The van der Waals surface area contributed by atoms with Gasteiger partial charge in [0.2, 0.25) is 10.0 Å². The molecular formula is C13H23NO4S. The predicted octanol–water partition coefficient (Wildman–Crippen LogP) is 1.59. The van der Waals surface area contributed by atoms with Gasteiger partial charge < -0.3 is 5.11 Å². The third kappa shape index (κ3) is 2.65. The molecule has 3 rings (SSSR count). The molecule has 110 valence electrons. The summed E-state index contributed by atoms with van der Waals surface area (Å²) in [6, 6.07) is -0.436. The summed E-state index contributed by atoms with van der Waals surface area (Å²) >= 11 is 0. The highest BCUT2D eigenvalue weighted by atomic mass is 32.2. The number of nitrogens with one attached hydrogen (secondary N) is 1. The molecule has 0 aromatic heterocycles. The average Bonchev–Trinajstić information content (AvgIpc) is 2.27. The molecule has 0 aromatic carbocycles. The molecule has 3 aliphatic carbocycles. The fourth-order valence-electron chi connectivity index (χ4n) is 3.33. The molecule has 3 saturated carbocycles. The molecule has 2 N–H and O–H groups in total. The lowest BCUT2D eigenvalue weighted by Crippen LogP contribution is -2.58. The van der Waals surface area contributed by atoms with E-state index in [0.29, 0.717) is 0 Å². The summed E-state index contributed by atoms with van der Waals surface area (Å²) in [6.45, 7) is 4.89. The van der Waals surface area contributed by atoms with Crippen molar-refractivity contribution in [2.45, 2.75) is 57.2 Å². The van der Waals surface area contributed by atoms with E-state index in [1.807, 2.05) is 0 Å². The van der Waals surface area contributed by atoms with Crippen molar-refractivity contribution in [3.05, 3.63) is 0 Å². The van der Waals surface area contributed by atoms with Gasteiger partial charge in [-0.1, -0.05) is 0 Å². The molecule has 0 aliphatic heterocycles. The van der Waals surface area contributed by atoms with Crippen LogP contribution in [0.25, 0.3) is 0 Å². The van der Waals surface area contributed by atoms with Crippen LogP contribution in [0.3, 0.4) is 0 Å². The van der Waals surface area contributed by atoms with Crippen molar-refractivity contribution in [3.8, 4) is 0 Å². The van der Waals surface area contributed by atoms with Crippen molar-refractivity contribution < 1.29 is 18.3 Å². The monoisotopic (exact) mass is 289 g/mol. The topological polar surface area (TPSA) is 83.5 Å². The third-order valence-corrected chi connectivity index (χ3v) is 6.80. The van der Waals surface area contributed by atoms with Crippen molar-refractivity contribution in [2.24, 2.45) is 17.8 Å². The van der Waals surface area contributed by atoms with Crippen LogP contribution in [0.15, 0.2) is 0 Å². The number of hydrogen-bond acceptors (Lipinski definition) is 3. The highest BCUT2D eigenvalue weighted by Crippen LogP contribution is 2.45. The molecule has 0 aromatic rings. The Labute approximate surface area is 114 Å². The van der Waals surface area contributed by atoms with Crippen LogP contribution in [0.4, 0.5) is 0 Å². The van der Waals surface area contributed by atoms with Crippen LogP contribution in [0.5, 0.6) is 0 Å². The molecule has 0 radical (unpaired) electrons. The minimum Gasteiger partial charge on any atom is -0.481 e. The maximum Gasteiger partial charge on any atom is 0.308 e. The number of fused-ring (bicyclic) bond motifs is 3. The molecular weight excluding hydrogens is 266 g/mol. The quantitative estimate of drug-likeness (QED) is 0.826. The molecule has 0 saturated heterocycles. The summed E-state index contributed by atoms with van der Waals surface area (Å²) in [7, 11) is -3.50. The largest absolute Gasteiger partial charge is 0.481 e. The van der Waals surface area contributed by atoms with E-state index in [2.05, 4.69) is 4.72 Å². The number of rotatable bonds is 3. The van der Waals surface area contributed by atoms with Gasteiger partial charge in [-0.3, -0.25) is 4.79 Å². The van der Waals surface area contributed by atoms with Crippen molar-refractivity contribution >= 4 is 16.0 Å². The van der Waals surface area contributed by atoms with E-state index < -0.39 is 32.7 Å². The number of aliphatic carboxylic acids is 1. The van der Waals surface area contributed by atoms with E-state index in [1.165, 1.54) is 0 Å². The fraction of sp³-hybridized carbons (Fsp3) is 0.923. The Morgan fingerprint density at radius 1 is 1.11 bits per heavy atom. The number of carboxylic acids is 1. The molecule has 5 nitrogen and oxygen atoms in total. The summed E-state index contributed by atoms with van der Waals surface area (Å²) in [4.78, 5) is 11.5. The Balaban J connectivity index is 2.25. The molecule has 0 amide bonds. The molecule has 0 heterocycles. The summed E-state index contributed by atoms with van der Waals surface area (Å²) in [5.41, 5.74) is 0. The molecule has 3 aliphatic rings. The minimum absolute atomic E-state index is 0.121. The van der Waals surface area contributed by atoms with E-state index >= 15 is 0 Å². The molecule has 2 bridgehead atoms. The Hall–Kier alpha value is -0.620. The van der Waals surface area contributed by atoms with Crippen molar-refractivity contribution in [1.29, 1.82) is 0 Å². The zero-order chi connectivity index (χ0) is 14.4. The van der Waals surface area contributed by atoms with Gasteiger partial charge in [-0.15, -0.1) is 0 Å². The van der Waals surface area contributed by atoms with Gasteiger partial charge in [-0.2, -0.15) is 0 Å². The smallest absolute Gasteiger partial charge is 0.308 e. The van der Waals surface area contributed by atoms with E-state index in [0.717, 1.165) is 25.7 Å². The molecule has 6 heteroatoms. The van der Waals surface area contributed by atoms with E-state index in [4.69, 9.17) is 0 Å². The number of sulfonamides is 1. The number of carboxylic acid groups (broad SMARTS) is 1. The van der Waals surface area contributed by atoms with Gasteiger partial charge in [0.1, 0.15) is 0 Å². The first-order valence-electron chi connectivity index (χ1n) is 6.88. The van der Waals surface area contributed by atoms with Gasteiger partial charge in [0, 0.05) is 6.04 Å². The first kappa shape index (κ1) is 14.8. The second-order valence-electron chi connectivity index (χ2n) is 6.80. The number of carbonyl (C=O) groups is 1. The molecule has 3 fully saturated rings. The predicted molar refractivity (Wildman–Crippen MR) is 72.2 cm³/mol. The van der Waals surface area contributed by atoms with Crippen molar-refractivity contribution in [1.82, 2.24) is 4.72 Å². The lowest BCUT2D eigenvalue weighted by Gasteiger charge is -2.47. The Morgan fingerprint density at radius 3 is 2.00 bits per heavy atom. The van der Waals surface area contributed by atoms with Crippen LogP contribution < -0.4 is 4.72 Å². The molecule has 0 unspecified atom stereocenters. The Bertz CT molecular complexity index is 458. The maximum atomic E-state index is 12.3.